The molecular formula is C12H9ClN2O2. The topological polar surface area (TPSA) is 52.1 Å². The predicted octanol–water partition coefficient (Wildman–Crippen LogP) is 2.62. The Hall–Kier alpha value is -1.94. The molecule has 2 aromatic rings. The van der Waals surface area contributed by atoms with Crippen LogP contribution < -0.4 is 4.74 Å². The van der Waals surface area contributed by atoms with E-state index in [1.807, 2.05) is 6.07 Å². The molecule has 0 spiro atoms. The number of rotatable bonds is 3. The SMILES string of the molecule is COc1cc(-c2cc(C=O)ncn2)ccc1Cl. The Morgan fingerprint density at radius 1 is 1.29 bits per heavy atom. The molecule has 0 saturated heterocycles. The Morgan fingerprint density at radius 2 is 2.12 bits per heavy atom. The Labute approximate surface area is 103 Å². The van der Waals surface area contributed by atoms with Gasteiger partial charge in [-0.3, -0.25) is 4.79 Å². The van der Waals surface area contributed by atoms with Gasteiger partial charge in [0.2, 0.25) is 0 Å². The summed E-state index contributed by atoms with van der Waals surface area (Å²) in [5.74, 6) is 0.565. The third-order valence-corrected chi connectivity index (χ3v) is 2.57. The van der Waals surface area contributed by atoms with Crippen molar-refractivity contribution >= 4 is 17.9 Å². The lowest BCUT2D eigenvalue weighted by molar-refractivity contribution is 0.111. The van der Waals surface area contributed by atoms with Crippen molar-refractivity contribution in [1.29, 1.82) is 0 Å². The molecule has 0 atom stereocenters. The molecule has 2 rings (SSSR count). The number of halogens is 1. The molecule has 0 saturated carbocycles. The molecular weight excluding hydrogens is 240 g/mol. The summed E-state index contributed by atoms with van der Waals surface area (Å²) >= 11 is 5.93. The molecule has 0 bridgehead atoms. The first-order valence-electron chi connectivity index (χ1n) is 4.85. The molecule has 0 N–H and O–H groups in total. The Kier molecular flexibility index (Phi) is 3.35. The van der Waals surface area contributed by atoms with Crippen molar-refractivity contribution in [3.8, 4) is 17.0 Å². The van der Waals surface area contributed by atoms with Gasteiger partial charge in [-0.25, -0.2) is 9.97 Å². The van der Waals surface area contributed by atoms with Crippen LogP contribution in [0, 0.1) is 0 Å². The van der Waals surface area contributed by atoms with Crippen LogP contribution in [-0.4, -0.2) is 23.4 Å². The second kappa shape index (κ2) is 4.93. The van der Waals surface area contributed by atoms with Crippen LogP contribution >= 0.6 is 11.6 Å². The number of methoxy groups -OCH3 is 1. The number of aromatic nitrogens is 2. The van der Waals surface area contributed by atoms with Crippen molar-refractivity contribution in [2.75, 3.05) is 7.11 Å². The van der Waals surface area contributed by atoms with E-state index in [0.717, 1.165) is 5.56 Å². The average molecular weight is 249 g/mol. The summed E-state index contributed by atoms with van der Waals surface area (Å²) in [7, 11) is 1.54. The lowest BCUT2D eigenvalue weighted by Crippen LogP contribution is -1.92. The van der Waals surface area contributed by atoms with Crippen LogP contribution in [0.1, 0.15) is 10.5 Å². The van der Waals surface area contributed by atoms with E-state index in [1.165, 1.54) is 6.33 Å². The lowest BCUT2D eigenvalue weighted by Gasteiger charge is -2.06. The van der Waals surface area contributed by atoms with Crippen molar-refractivity contribution in [1.82, 2.24) is 9.97 Å². The number of hydrogen-bond acceptors (Lipinski definition) is 4. The molecule has 0 aliphatic carbocycles. The molecule has 1 aromatic carbocycles. The van der Waals surface area contributed by atoms with Gasteiger partial charge in [0.05, 0.1) is 17.8 Å². The van der Waals surface area contributed by atoms with Crippen LogP contribution in [0.3, 0.4) is 0 Å². The van der Waals surface area contributed by atoms with Crippen molar-refractivity contribution in [3.05, 3.63) is 41.3 Å². The number of ether oxygens (including phenoxy) is 1. The van der Waals surface area contributed by atoms with Crippen LogP contribution in [0.15, 0.2) is 30.6 Å². The molecule has 0 aliphatic heterocycles. The highest BCUT2D eigenvalue weighted by atomic mass is 35.5. The smallest absolute Gasteiger partial charge is 0.168 e. The first-order chi connectivity index (χ1) is 8.24. The lowest BCUT2D eigenvalue weighted by atomic mass is 10.1. The van der Waals surface area contributed by atoms with E-state index in [0.29, 0.717) is 28.4 Å². The van der Waals surface area contributed by atoms with Gasteiger partial charge in [-0.05, 0) is 18.2 Å². The quantitative estimate of drug-likeness (QED) is 0.784. The van der Waals surface area contributed by atoms with E-state index in [4.69, 9.17) is 16.3 Å². The fraction of sp³-hybridized carbons (Fsp3) is 0.0833. The summed E-state index contributed by atoms with van der Waals surface area (Å²) in [5, 5.41) is 0.529. The zero-order chi connectivity index (χ0) is 12.3. The van der Waals surface area contributed by atoms with Gasteiger partial charge in [0, 0.05) is 5.56 Å². The van der Waals surface area contributed by atoms with Gasteiger partial charge in [-0.2, -0.15) is 0 Å². The maximum Gasteiger partial charge on any atom is 0.168 e. The molecule has 0 amide bonds. The zero-order valence-electron chi connectivity index (χ0n) is 9.05. The minimum absolute atomic E-state index is 0.337. The summed E-state index contributed by atoms with van der Waals surface area (Å²) in [5.41, 5.74) is 1.80. The van der Waals surface area contributed by atoms with Gasteiger partial charge in [0.15, 0.2) is 6.29 Å². The van der Waals surface area contributed by atoms with Gasteiger partial charge >= 0.3 is 0 Å². The summed E-state index contributed by atoms with van der Waals surface area (Å²) in [6.07, 6.45) is 2.03. The zero-order valence-corrected chi connectivity index (χ0v) is 9.81. The maximum absolute atomic E-state index is 10.6. The second-order valence-corrected chi connectivity index (χ2v) is 3.70. The number of nitrogens with zero attached hydrogens (tertiary/aromatic N) is 2. The van der Waals surface area contributed by atoms with Crippen LogP contribution in [-0.2, 0) is 0 Å². The highest BCUT2D eigenvalue weighted by molar-refractivity contribution is 6.32. The van der Waals surface area contributed by atoms with Crippen LogP contribution in [0.5, 0.6) is 5.75 Å². The minimum Gasteiger partial charge on any atom is -0.495 e. The van der Waals surface area contributed by atoms with Crippen molar-refractivity contribution in [3.63, 3.8) is 0 Å². The highest BCUT2D eigenvalue weighted by Crippen LogP contribution is 2.29. The van der Waals surface area contributed by atoms with Crippen LogP contribution in [0.25, 0.3) is 11.3 Å². The van der Waals surface area contributed by atoms with E-state index >= 15 is 0 Å². The normalized spacial score (nSPS) is 10.0. The van der Waals surface area contributed by atoms with Gasteiger partial charge < -0.3 is 4.74 Å². The molecule has 17 heavy (non-hydrogen) atoms. The molecule has 1 heterocycles. The van der Waals surface area contributed by atoms with Gasteiger partial charge in [-0.1, -0.05) is 17.7 Å². The van der Waals surface area contributed by atoms with E-state index in [-0.39, 0.29) is 0 Å². The van der Waals surface area contributed by atoms with Gasteiger partial charge in [-0.15, -0.1) is 0 Å². The van der Waals surface area contributed by atoms with E-state index < -0.39 is 0 Å². The van der Waals surface area contributed by atoms with E-state index in [1.54, 1.807) is 25.3 Å². The Morgan fingerprint density at radius 3 is 2.82 bits per heavy atom. The minimum atomic E-state index is 0.337. The first kappa shape index (κ1) is 11.5. The Bertz CT molecular complexity index is 558. The molecule has 0 radical (unpaired) electrons. The molecule has 5 heteroatoms. The average Bonchev–Trinajstić information content (AvgIpc) is 2.39. The number of carbonyl (C=O) groups excluding carboxylic acids is 1. The monoisotopic (exact) mass is 248 g/mol. The molecule has 86 valence electrons. The first-order valence-corrected chi connectivity index (χ1v) is 5.23. The number of hydrogen-bond donors (Lipinski definition) is 0. The largest absolute Gasteiger partial charge is 0.495 e. The van der Waals surface area contributed by atoms with Crippen molar-refractivity contribution in [2.45, 2.75) is 0 Å². The van der Waals surface area contributed by atoms with Crippen LogP contribution in [0.2, 0.25) is 5.02 Å². The van der Waals surface area contributed by atoms with Crippen molar-refractivity contribution in [2.24, 2.45) is 0 Å². The molecule has 0 unspecified atom stereocenters. The van der Waals surface area contributed by atoms with Crippen LogP contribution in [0.4, 0.5) is 0 Å². The fourth-order valence-electron chi connectivity index (χ4n) is 1.41. The number of aldehydes is 1. The fourth-order valence-corrected chi connectivity index (χ4v) is 1.61. The molecule has 1 aromatic heterocycles. The second-order valence-electron chi connectivity index (χ2n) is 3.30. The maximum atomic E-state index is 10.6. The predicted molar refractivity (Wildman–Crippen MR) is 64.4 cm³/mol. The third kappa shape index (κ3) is 2.42. The summed E-state index contributed by atoms with van der Waals surface area (Å²) in [4.78, 5) is 18.5. The molecule has 4 nitrogen and oxygen atoms in total. The van der Waals surface area contributed by atoms with Gasteiger partial charge in [0.25, 0.3) is 0 Å². The third-order valence-electron chi connectivity index (χ3n) is 2.26. The Balaban J connectivity index is 2.48. The van der Waals surface area contributed by atoms with Gasteiger partial charge in [0.1, 0.15) is 17.8 Å². The standard InChI is InChI=1S/C12H9ClN2O2/c1-17-12-4-8(2-3-10(12)13)11-5-9(6-16)14-7-15-11/h2-7H,1H3. The van der Waals surface area contributed by atoms with E-state index in [9.17, 15) is 4.79 Å². The van der Waals surface area contributed by atoms with Crippen molar-refractivity contribution < 1.29 is 9.53 Å². The summed E-state index contributed by atoms with van der Waals surface area (Å²) in [6, 6.07) is 6.90. The number of benzene rings is 1. The summed E-state index contributed by atoms with van der Waals surface area (Å²) < 4.78 is 5.12. The molecule has 0 aliphatic rings. The van der Waals surface area contributed by atoms with E-state index in [2.05, 4.69) is 9.97 Å². The number of carbonyl (C=O) groups is 1. The highest BCUT2D eigenvalue weighted by Gasteiger charge is 2.06. The molecule has 0 fully saturated rings. The summed E-state index contributed by atoms with van der Waals surface area (Å²) in [6.45, 7) is 0.